The molecule has 1 aromatic carbocycles. The largest absolute Gasteiger partial charge is 0.383 e. The molecule has 2 rings (SSSR count). The van der Waals surface area contributed by atoms with Gasteiger partial charge in [0.2, 0.25) is 5.95 Å². The first-order valence-corrected chi connectivity index (χ1v) is 6.97. The van der Waals surface area contributed by atoms with Crippen LogP contribution in [0.1, 0.15) is 0 Å². The lowest BCUT2D eigenvalue weighted by Crippen LogP contribution is -2.07. The number of anilines is 2. The molecule has 0 aliphatic rings. The summed E-state index contributed by atoms with van der Waals surface area (Å²) in [6.45, 7) is 1.47. The molecular weight excluding hydrogens is 246 g/mol. The predicted octanol–water partition coefficient (Wildman–Crippen LogP) is 3.00. The summed E-state index contributed by atoms with van der Waals surface area (Å²) in [6.07, 6.45) is 5.80. The molecule has 0 unspecified atom stereocenters. The molecule has 0 saturated carbocycles. The van der Waals surface area contributed by atoms with Crippen LogP contribution in [-0.2, 0) is 11.3 Å². The summed E-state index contributed by atoms with van der Waals surface area (Å²) in [7, 11) is 1.70. The van der Waals surface area contributed by atoms with E-state index in [1.807, 2.05) is 10.8 Å². The van der Waals surface area contributed by atoms with Gasteiger partial charge in [0, 0.05) is 36.6 Å². The third-order valence-electron chi connectivity index (χ3n) is 2.60. The van der Waals surface area contributed by atoms with E-state index >= 15 is 0 Å². The Morgan fingerprint density at radius 2 is 2.11 bits per heavy atom. The van der Waals surface area contributed by atoms with Gasteiger partial charge < -0.3 is 14.6 Å². The van der Waals surface area contributed by atoms with Gasteiger partial charge >= 0.3 is 0 Å². The molecule has 2 aromatic rings. The molecule has 0 fully saturated rings. The van der Waals surface area contributed by atoms with Crippen molar-refractivity contribution in [3.05, 3.63) is 36.7 Å². The zero-order valence-electron chi connectivity index (χ0n) is 10.6. The van der Waals surface area contributed by atoms with E-state index in [4.69, 9.17) is 4.74 Å². The van der Waals surface area contributed by atoms with Crippen LogP contribution in [0.5, 0.6) is 0 Å². The fourth-order valence-corrected chi connectivity index (χ4v) is 2.02. The van der Waals surface area contributed by atoms with Crippen molar-refractivity contribution in [3.63, 3.8) is 0 Å². The van der Waals surface area contributed by atoms with Crippen molar-refractivity contribution < 1.29 is 4.74 Å². The van der Waals surface area contributed by atoms with Crippen LogP contribution in [0, 0.1) is 0 Å². The minimum Gasteiger partial charge on any atom is -0.383 e. The quantitative estimate of drug-likeness (QED) is 0.813. The monoisotopic (exact) mass is 263 g/mol. The molecule has 1 aromatic heterocycles. The maximum Gasteiger partial charge on any atom is 0.207 e. The normalized spacial score (nSPS) is 10.6. The van der Waals surface area contributed by atoms with E-state index in [1.54, 1.807) is 25.1 Å². The number of rotatable bonds is 6. The van der Waals surface area contributed by atoms with Gasteiger partial charge in [-0.3, -0.25) is 0 Å². The number of imidazole rings is 1. The number of aromatic nitrogens is 2. The molecule has 18 heavy (non-hydrogen) atoms. The van der Waals surface area contributed by atoms with Crippen LogP contribution in [0.2, 0.25) is 0 Å². The van der Waals surface area contributed by atoms with E-state index in [0.29, 0.717) is 6.61 Å². The van der Waals surface area contributed by atoms with E-state index in [9.17, 15) is 0 Å². The van der Waals surface area contributed by atoms with Crippen LogP contribution in [-0.4, -0.2) is 29.5 Å². The lowest BCUT2D eigenvalue weighted by Gasteiger charge is -2.09. The summed E-state index contributed by atoms with van der Waals surface area (Å²) in [5, 5.41) is 3.30. The molecule has 96 valence electrons. The SMILES string of the molecule is COCCn1ccnc1Nc1ccc(SC)cc1. The third kappa shape index (κ3) is 3.27. The van der Waals surface area contributed by atoms with Crippen LogP contribution in [0.4, 0.5) is 11.6 Å². The summed E-state index contributed by atoms with van der Waals surface area (Å²) in [5.74, 6) is 0.837. The second-order valence-corrected chi connectivity index (χ2v) is 4.67. The van der Waals surface area contributed by atoms with Gasteiger partial charge in [-0.25, -0.2) is 4.98 Å². The molecule has 0 amide bonds. The molecule has 5 heteroatoms. The second-order valence-electron chi connectivity index (χ2n) is 3.79. The van der Waals surface area contributed by atoms with Crippen LogP contribution in [0.3, 0.4) is 0 Å². The van der Waals surface area contributed by atoms with Crippen molar-refractivity contribution in [3.8, 4) is 0 Å². The zero-order valence-corrected chi connectivity index (χ0v) is 11.4. The molecule has 0 spiro atoms. The van der Waals surface area contributed by atoms with Crippen LogP contribution in [0.25, 0.3) is 0 Å². The minimum atomic E-state index is 0.677. The lowest BCUT2D eigenvalue weighted by atomic mass is 10.3. The van der Waals surface area contributed by atoms with Gasteiger partial charge in [-0.1, -0.05) is 0 Å². The molecule has 0 saturated heterocycles. The van der Waals surface area contributed by atoms with Crippen LogP contribution >= 0.6 is 11.8 Å². The highest BCUT2D eigenvalue weighted by Crippen LogP contribution is 2.20. The Labute approximate surface area is 111 Å². The average Bonchev–Trinajstić information content (AvgIpc) is 2.84. The smallest absolute Gasteiger partial charge is 0.207 e. The summed E-state index contributed by atoms with van der Waals surface area (Å²) in [4.78, 5) is 5.55. The Kier molecular flexibility index (Phi) is 4.66. The van der Waals surface area contributed by atoms with Gasteiger partial charge in [-0.15, -0.1) is 11.8 Å². The Hall–Kier alpha value is -1.46. The summed E-state index contributed by atoms with van der Waals surface area (Å²) < 4.78 is 7.11. The topological polar surface area (TPSA) is 39.1 Å². The number of nitrogens with one attached hydrogen (secondary N) is 1. The van der Waals surface area contributed by atoms with Crippen molar-refractivity contribution in [2.45, 2.75) is 11.4 Å². The zero-order chi connectivity index (χ0) is 12.8. The third-order valence-corrected chi connectivity index (χ3v) is 3.34. The maximum absolute atomic E-state index is 5.07. The van der Waals surface area contributed by atoms with Gasteiger partial charge in [0.25, 0.3) is 0 Å². The summed E-state index contributed by atoms with van der Waals surface area (Å²) in [6, 6.07) is 8.30. The molecular formula is C13H17N3OS. The van der Waals surface area contributed by atoms with Crippen molar-refractivity contribution in [2.24, 2.45) is 0 Å². The highest BCUT2D eigenvalue weighted by atomic mass is 32.2. The summed E-state index contributed by atoms with van der Waals surface area (Å²) in [5.41, 5.74) is 1.04. The van der Waals surface area contributed by atoms with Gasteiger partial charge in [0.1, 0.15) is 0 Å². The number of methoxy groups -OCH3 is 1. The number of thioether (sulfide) groups is 1. The Bertz CT molecular complexity index is 481. The predicted molar refractivity (Wildman–Crippen MR) is 75.6 cm³/mol. The lowest BCUT2D eigenvalue weighted by molar-refractivity contribution is 0.188. The van der Waals surface area contributed by atoms with Gasteiger partial charge in [0.15, 0.2) is 0 Å². The molecule has 1 N–H and O–H groups in total. The Morgan fingerprint density at radius 3 is 2.78 bits per heavy atom. The molecule has 0 bridgehead atoms. The molecule has 0 aliphatic heterocycles. The van der Waals surface area contributed by atoms with Gasteiger partial charge in [-0.05, 0) is 30.5 Å². The van der Waals surface area contributed by atoms with Crippen molar-refractivity contribution >= 4 is 23.4 Å². The highest BCUT2D eigenvalue weighted by Gasteiger charge is 2.02. The van der Waals surface area contributed by atoms with Crippen molar-refractivity contribution in [1.29, 1.82) is 0 Å². The molecule has 0 atom stereocenters. The van der Waals surface area contributed by atoms with E-state index in [0.717, 1.165) is 18.2 Å². The average molecular weight is 263 g/mol. The Balaban J connectivity index is 2.05. The number of hydrogen-bond acceptors (Lipinski definition) is 4. The number of nitrogens with zero attached hydrogens (tertiary/aromatic N) is 2. The highest BCUT2D eigenvalue weighted by molar-refractivity contribution is 7.98. The first-order chi connectivity index (χ1) is 8.83. The summed E-state index contributed by atoms with van der Waals surface area (Å²) >= 11 is 1.73. The Morgan fingerprint density at radius 1 is 1.33 bits per heavy atom. The van der Waals surface area contributed by atoms with Gasteiger partial charge in [0.05, 0.1) is 6.61 Å². The van der Waals surface area contributed by atoms with Crippen molar-refractivity contribution in [1.82, 2.24) is 9.55 Å². The van der Waals surface area contributed by atoms with Crippen molar-refractivity contribution in [2.75, 3.05) is 25.3 Å². The fraction of sp³-hybridized carbons (Fsp3) is 0.308. The number of ether oxygens (including phenoxy) is 1. The number of benzene rings is 1. The molecule has 1 heterocycles. The minimum absolute atomic E-state index is 0.677. The second kappa shape index (κ2) is 6.47. The number of hydrogen-bond donors (Lipinski definition) is 1. The van der Waals surface area contributed by atoms with E-state index in [1.165, 1.54) is 4.90 Å². The van der Waals surface area contributed by atoms with Crippen LogP contribution in [0.15, 0.2) is 41.6 Å². The van der Waals surface area contributed by atoms with E-state index in [-0.39, 0.29) is 0 Å². The van der Waals surface area contributed by atoms with Gasteiger partial charge in [-0.2, -0.15) is 0 Å². The first kappa shape index (κ1) is 13.0. The maximum atomic E-state index is 5.07. The first-order valence-electron chi connectivity index (χ1n) is 5.74. The van der Waals surface area contributed by atoms with Crippen LogP contribution < -0.4 is 5.32 Å². The standard InChI is InChI=1S/C13H17N3OS/c1-17-10-9-16-8-7-14-13(16)15-11-3-5-12(18-2)6-4-11/h3-8H,9-10H2,1-2H3,(H,14,15). The molecule has 0 radical (unpaired) electrons. The van der Waals surface area contributed by atoms with E-state index < -0.39 is 0 Å². The molecule has 4 nitrogen and oxygen atoms in total. The molecule has 0 aliphatic carbocycles. The van der Waals surface area contributed by atoms with E-state index in [2.05, 4.69) is 40.8 Å². The fourth-order valence-electron chi connectivity index (χ4n) is 1.61.